The van der Waals surface area contributed by atoms with E-state index >= 15 is 0 Å². The van der Waals surface area contributed by atoms with E-state index in [1.807, 2.05) is 6.92 Å². The number of hydrogen-bond donors (Lipinski definition) is 1. The molecule has 1 N–H and O–H groups in total. The van der Waals surface area contributed by atoms with Gasteiger partial charge in [-0.05, 0) is 36.9 Å². The van der Waals surface area contributed by atoms with Gasteiger partial charge in [-0.3, -0.25) is 0 Å². The highest BCUT2D eigenvalue weighted by Crippen LogP contribution is 2.25. The third kappa shape index (κ3) is 2.96. The Kier molecular flexibility index (Phi) is 3.97. The Labute approximate surface area is 106 Å². The molecular weight excluding hydrogens is 232 g/mol. The number of hydrogen-bond acceptors (Lipinski definition) is 4. The van der Waals surface area contributed by atoms with Crippen molar-refractivity contribution in [3.63, 3.8) is 0 Å². The summed E-state index contributed by atoms with van der Waals surface area (Å²) in [5.74, 6) is 0.718. The summed E-state index contributed by atoms with van der Waals surface area (Å²) in [4.78, 5) is 5.75. The normalized spacial score (nSPS) is 12.9. The second kappa shape index (κ2) is 5.47. The van der Waals surface area contributed by atoms with E-state index in [-0.39, 0.29) is 6.04 Å². The second-order valence-corrected chi connectivity index (χ2v) is 5.28. The van der Waals surface area contributed by atoms with Gasteiger partial charge in [0.15, 0.2) is 5.89 Å². The molecule has 2 rings (SSSR count). The SMILES string of the molecule is CCCNC(c1csc(C)c1)c1coc(C)n1. The maximum Gasteiger partial charge on any atom is 0.191 e. The number of aryl methyl sites for hydroxylation is 2. The van der Waals surface area contributed by atoms with Crippen LogP contribution in [0, 0.1) is 13.8 Å². The molecule has 17 heavy (non-hydrogen) atoms. The third-order valence-electron chi connectivity index (χ3n) is 2.62. The first-order valence-electron chi connectivity index (χ1n) is 5.91. The molecule has 3 nitrogen and oxygen atoms in total. The maximum atomic E-state index is 5.31. The highest BCUT2D eigenvalue weighted by atomic mass is 32.1. The average molecular weight is 250 g/mol. The maximum absolute atomic E-state index is 5.31. The molecule has 0 spiro atoms. The largest absolute Gasteiger partial charge is 0.449 e. The molecule has 2 aromatic heterocycles. The molecule has 0 amide bonds. The van der Waals surface area contributed by atoms with Gasteiger partial charge in [-0.1, -0.05) is 6.92 Å². The molecule has 0 saturated heterocycles. The van der Waals surface area contributed by atoms with Crippen molar-refractivity contribution in [3.8, 4) is 0 Å². The minimum atomic E-state index is 0.150. The minimum absolute atomic E-state index is 0.150. The fraction of sp³-hybridized carbons (Fsp3) is 0.462. The lowest BCUT2D eigenvalue weighted by Gasteiger charge is -2.14. The summed E-state index contributed by atoms with van der Waals surface area (Å²) < 4.78 is 5.31. The van der Waals surface area contributed by atoms with E-state index in [1.54, 1.807) is 17.6 Å². The summed E-state index contributed by atoms with van der Waals surface area (Å²) in [5, 5.41) is 5.70. The topological polar surface area (TPSA) is 38.1 Å². The fourth-order valence-corrected chi connectivity index (χ4v) is 2.54. The molecule has 0 saturated carbocycles. The van der Waals surface area contributed by atoms with Gasteiger partial charge in [0.1, 0.15) is 12.0 Å². The molecule has 0 aliphatic carbocycles. The summed E-state index contributed by atoms with van der Waals surface area (Å²) in [6, 6.07) is 2.36. The lowest BCUT2D eigenvalue weighted by atomic mass is 10.1. The van der Waals surface area contributed by atoms with Crippen LogP contribution < -0.4 is 5.32 Å². The van der Waals surface area contributed by atoms with Crippen molar-refractivity contribution in [1.82, 2.24) is 10.3 Å². The highest BCUT2D eigenvalue weighted by Gasteiger charge is 2.17. The molecule has 0 radical (unpaired) electrons. The van der Waals surface area contributed by atoms with E-state index in [2.05, 4.69) is 35.6 Å². The smallest absolute Gasteiger partial charge is 0.191 e. The molecule has 1 atom stereocenters. The van der Waals surface area contributed by atoms with E-state index in [0.717, 1.165) is 24.6 Å². The van der Waals surface area contributed by atoms with Gasteiger partial charge in [0.2, 0.25) is 0 Å². The second-order valence-electron chi connectivity index (χ2n) is 4.17. The van der Waals surface area contributed by atoms with Gasteiger partial charge in [-0.2, -0.15) is 0 Å². The standard InChI is InChI=1S/C13H18N2OS/c1-4-5-14-13(11-6-9(2)17-8-11)12-7-16-10(3)15-12/h6-8,13-14H,4-5H2,1-3H3. The summed E-state index contributed by atoms with van der Waals surface area (Å²) in [6.45, 7) is 7.14. The Morgan fingerprint density at radius 2 is 2.29 bits per heavy atom. The molecule has 0 aromatic carbocycles. The Bertz CT molecular complexity index is 435. The molecule has 0 bridgehead atoms. The third-order valence-corrected chi connectivity index (χ3v) is 3.49. The van der Waals surface area contributed by atoms with Gasteiger partial charge >= 0.3 is 0 Å². The number of nitrogens with zero attached hydrogens (tertiary/aromatic N) is 1. The van der Waals surface area contributed by atoms with Crippen LogP contribution in [0.15, 0.2) is 22.1 Å². The molecule has 4 heteroatoms. The number of oxazole rings is 1. The summed E-state index contributed by atoms with van der Waals surface area (Å²) in [5.41, 5.74) is 2.24. The van der Waals surface area contributed by atoms with E-state index in [0.29, 0.717) is 0 Å². The zero-order valence-corrected chi connectivity index (χ0v) is 11.3. The van der Waals surface area contributed by atoms with Gasteiger partial charge in [-0.25, -0.2) is 4.98 Å². The Morgan fingerprint density at radius 1 is 1.47 bits per heavy atom. The summed E-state index contributed by atoms with van der Waals surface area (Å²) >= 11 is 1.77. The molecule has 0 aliphatic rings. The van der Waals surface area contributed by atoms with Gasteiger partial charge in [0, 0.05) is 11.8 Å². The molecular formula is C13H18N2OS. The van der Waals surface area contributed by atoms with Crippen molar-refractivity contribution in [3.05, 3.63) is 39.7 Å². The van der Waals surface area contributed by atoms with Crippen molar-refractivity contribution in [2.45, 2.75) is 33.2 Å². The van der Waals surface area contributed by atoms with Crippen LogP contribution in [-0.2, 0) is 0 Å². The summed E-state index contributed by atoms with van der Waals surface area (Å²) in [7, 11) is 0. The Balaban J connectivity index is 2.24. The van der Waals surface area contributed by atoms with Crippen LogP contribution in [0.1, 0.15) is 41.4 Å². The van der Waals surface area contributed by atoms with Crippen LogP contribution in [0.3, 0.4) is 0 Å². The van der Waals surface area contributed by atoms with Crippen LogP contribution in [0.5, 0.6) is 0 Å². The van der Waals surface area contributed by atoms with Crippen molar-refractivity contribution < 1.29 is 4.42 Å². The monoisotopic (exact) mass is 250 g/mol. The number of aromatic nitrogens is 1. The van der Waals surface area contributed by atoms with E-state index in [4.69, 9.17) is 4.42 Å². The van der Waals surface area contributed by atoms with Crippen LogP contribution in [0.2, 0.25) is 0 Å². The van der Waals surface area contributed by atoms with Gasteiger partial charge < -0.3 is 9.73 Å². The van der Waals surface area contributed by atoms with E-state index in [1.165, 1.54) is 10.4 Å². The van der Waals surface area contributed by atoms with E-state index < -0.39 is 0 Å². The molecule has 0 fully saturated rings. The van der Waals surface area contributed by atoms with Crippen LogP contribution >= 0.6 is 11.3 Å². The van der Waals surface area contributed by atoms with Gasteiger partial charge in [0.25, 0.3) is 0 Å². The van der Waals surface area contributed by atoms with E-state index in [9.17, 15) is 0 Å². The van der Waals surface area contributed by atoms with Crippen molar-refractivity contribution >= 4 is 11.3 Å². The molecule has 2 aromatic rings. The quantitative estimate of drug-likeness (QED) is 0.883. The van der Waals surface area contributed by atoms with Crippen LogP contribution in [0.25, 0.3) is 0 Å². The van der Waals surface area contributed by atoms with Crippen LogP contribution in [0.4, 0.5) is 0 Å². The average Bonchev–Trinajstić information content (AvgIpc) is 2.89. The summed E-state index contributed by atoms with van der Waals surface area (Å²) in [6.07, 6.45) is 2.85. The first kappa shape index (κ1) is 12.3. The molecule has 0 aliphatic heterocycles. The highest BCUT2D eigenvalue weighted by molar-refractivity contribution is 7.10. The minimum Gasteiger partial charge on any atom is -0.449 e. The van der Waals surface area contributed by atoms with Crippen LogP contribution in [-0.4, -0.2) is 11.5 Å². The zero-order valence-electron chi connectivity index (χ0n) is 10.5. The Hall–Kier alpha value is -1.13. The molecule has 2 heterocycles. The molecule has 92 valence electrons. The first-order chi connectivity index (χ1) is 8.20. The number of rotatable bonds is 5. The zero-order chi connectivity index (χ0) is 12.3. The number of thiophene rings is 1. The van der Waals surface area contributed by atoms with Gasteiger partial charge in [-0.15, -0.1) is 11.3 Å². The predicted octanol–water partition coefficient (Wildman–Crippen LogP) is 3.44. The number of nitrogens with one attached hydrogen (secondary N) is 1. The Morgan fingerprint density at radius 3 is 2.82 bits per heavy atom. The van der Waals surface area contributed by atoms with Crippen molar-refractivity contribution in [2.24, 2.45) is 0 Å². The first-order valence-corrected chi connectivity index (χ1v) is 6.79. The fourth-order valence-electron chi connectivity index (χ4n) is 1.81. The lowest BCUT2D eigenvalue weighted by molar-refractivity contribution is 0.517. The molecule has 1 unspecified atom stereocenters. The predicted molar refractivity (Wildman–Crippen MR) is 70.4 cm³/mol. The van der Waals surface area contributed by atoms with Crippen molar-refractivity contribution in [1.29, 1.82) is 0 Å². The van der Waals surface area contributed by atoms with Gasteiger partial charge in [0.05, 0.1) is 6.04 Å². The van der Waals surface area contributed by atoms with Crippen molar-refractivity contribution in [2.75, 3.05) is 6.54 Å². The lowest BCUT2D eigenvalue weighted by Crippen LogP contribution is -2.23.